The zero-order valence-electron chi connectivity index (χ0n) is 12.0. The van der Waals surface area contributed by atoms with Crippen LogP contribution in [0, 0.1) is 5.41 Å². The van der Waals surface area contributed by atoms with Gasteiger partial charge in [-0.05, 0) is 12.5 Å². The molecule has 0 fully saturated rings. The van der Waals surface area contributed by atoms with Crippen LogP contribution in [0.25, 0.3) is 0 Å². The van der Waals surface area contributed by atoms with E-state index in [1.807, 2.05) is 51.1 Å². The van der Waals surface area contributed by atoms with Crippen molar-refractivity contribution in [3.8, 4) is 0 Å². The van der Waals surface area contributed by atoms with Gasteiger partial charge in [-0.15, -0.1) is 0 Å². The summed E-state index contributed by atoms with van der Waals surface area (Å²) in [6.45, 7) is 7.86. The Morgan fingerprint density at radius 1 is 1.32 bits per heavy atom. The summed E-state index contributed by atoms with van der Waals surface area (Å²) in [5, 5.41) is 11.7. The summed E-state index contributed by atoms with van der Waals surface area (Å²) in [4.78, 5) is 11.7. The van der Waals surface area contributed by atoms with Gasteiger partial charge in [0.2, 0.25) is 0 Å². The van der Waals surface area contributed by atoms with Crippen LogP contribution in [-0.2, 0) is 4.74 Å². The number of amides is 1. The lowest BCUT2D eigenvalue weighted by Gasteiger charge is -2.30. The predicted molar refractivity (Wildman–Crippen MR) is 74.8 cm³/mol. The van der Waals surface area contributed by atoms with Crippen LogP contribution in [0.4, 0.5) is 4.79 Å². The van der Waals surface area contributed by atoms with Gasteiger partial charge in [0, 0.05) is 12.0 Å². The minimum atomic E-state index is -0.586. The van der Waals surface area contributed by atoms with E-state index in [4.69, 9.17) is 9.84 Å². The van der Waals surface area contributed by atoms with E-state index in [-0.39, 0.29) is 18.1 Å². The van der Waals surface area contributed by atoms with Gasteiger partial charge >= 0.3 is 6.09 Å². The topological polar surface area (TPSA) is 58.6 Å². The van der Waals surface area contributed by atoms with Crippen molar-refractivity contribution in [2.24, 2.45) is 5.41 Å². The molecule has 1 aromatic rings. The molecule has 1 unspecified atom stereocenters. The summed E-state index contributed by atoms with van der Waals surface area (Å²) in [6.07, 6.45) is -1.43. The molecule has 0 saturated carbocycles. The number of rotatable bonds is 4. The van der Waals surface area contributed by atoms with E-state index in [1.54, 1.807) is 6.92 Å². The third-order valence-corrected chi connectivity index (χ3v) is 2.66. The number of alkyl carbamates (subject to hydrolysis) is 1. The fourth-order valence-corrected chi connectivity index (χ4v) is 1.75. The second-order valence-corrected chi connectivity index (χ2v) is 5.79. The molecule has 0 heterocycles. The summed E-state index contributed by atoms with van der Waals surface area (Å²) in [7, 11) is 0. The predicted octanol–water partition coefficient (Wildman–Crippen LogP) is 2.88. The fourth-order valence-electron chi connectivity index (χ4n) is 1.75. The highest BCUT2D eigenvalue weighted by Crippen LogP contribution is 2.35. The van der Waals surface area contributed by atoms with Crippen molar-refractivity contribution >= 4 is 6.09 Å². The van der Waals surface area contributed by atoms with Gasteiger partial charge in [-0.25, -0.2) is 4.79 Å². The van der Waals surface area contributed by atoms with Crippen LogP contribution in [0.5, 0.6) is 0 Å². The molecule has 2 N–H and O–H groups in total. The number of hydrogen-bond acceptors (Lipinski definition) is 3. The number of nitrogens with one attached hydrogen (secondary N) is 1. The van der Waals surface area contributed by atoms with Gasteiger partial charge in [0.25, 0.3) is 0 Å². The normalized spacial score (nSPS) is 14.6. The van der Waals surface area contributed by atoms with E-state index in [2.05, 4.69) is 5.32 Å². The first-order valence-electron chi connectivity index (χ1n) is 6.48. The van der Waals surface area contributed by atoms with Gasteiger partial charge in [0.05, 0.1) is 6.10 Å². The Bertz CT molecular complexity index is 396. The smallest absolute Gasteiger partial charge is 0.407 e. The van der Waals surface area contributed by atoms with Crippen LogP contribution in [0.3, 0.4) is 0 Å². The lowest BCUT2D eigenvalue weighted by molar-refractivity contribution is 0.0285. The standard InChI is InChI=1S/C15H23NO3/c1-11(17)10-16-14(18)19-13(15(2,3)4)12-8-6-5-7-9-12/h5-9,11,13,17H,10H2,1-4H3,(H,16,18)/t11?,13-/m1/s1. The number of hydrogen-bond donors (Lipinski definition) is 2. The molecular weight excluding hydrogens is 242 g/mol. The molecular formula is C15H23NO3. The molecule has 0 bridgehead atoms. The molecule has 4 heteroatoms. The number of benzene rings is 1. The van der Waals surface area contributed by atoms with Gasteiger partial charge < -0.3 is 15.2 Å². The maximum atomic E-state index is 11.7. The van der Waals surface area contributed by atoms with Crippen LogP contribution in [0.1, 0.15) is 39.4 Å². The fraction of sp³-hybridized carbons (Fsp3) is 0.533. The molecule has 0 aliphatic carbocycles. The van der Waals surface area contributed by atoms with Crippen molar-refractivity contribution in [2.75, 3.05) is 6.54 Å². The first-order chi connectivity index (χ1) is 8.80. The average molecular weight is 265 g/mol. The summed E-state index contributed by atoms with van der Waals surface area (Å²) >= 11 is 0. The molecule has 0 aliphatic heterocycles. The maximum absolute atomic E-state index is 11.7. The van der Waals surface area contributed by atoms with Gasteiger partial charge in [-0.1, -0.05) is 51.1 Å². The van der Waals surface area contributed by atoms with Gasteiger partial charge in [0.1, 0.15) is 6.10 Å². The molecule has 1 aromatic carbocycles. The summed E-state index contributed by atoms with van der Waals surface area (Å²) in [5.41, 5.74) is 0.756. The molecule has 0 saturated heterocycles. The van der Waals surface area contributed by atoms with E-state index >= 15 is 0 Å². The quantitative estimate of drug-likeness (QED) is 0.880. The van der Waals surface area contributed by atoms with E-state index < -0.39 is 12.2 Å². The minimum absolute atomic E-state index is 0.185. The SMILES string of the molecule is CC(O)CNC(=O)O[C@H](c1ccccc1)C(C)(C)C. The van der Waals surface area contributed by atoms with E-state index in [0.29, 0.717) is 0 Å². The number of aliphatic hydroxyl groups is 1. The van der Waals surface area contributed by atoms with Crippen LogP contribution in [0.2, 0.25) is 0 Å². The van der Waals surface area contributed by atoms with Crippen LogP contribution < -0.4 is 5.32 Å². The highest BCUT2D eigenvalue weighted by Gasteiger charge is 2.29. The van der Waals surface area contributed by atoms with Crippen molar-refractivity contribution in [3.63, 3.8) is 0 Å². The average Bonchev–Trinajstić information content (AvgIpc) is 2.33. The maximum Gasteiger partial charge on any atom is 0.407 e. The molecule has 0 aliphatic rings. The first-order valence-corrected chi connectivity index (χ1v) is 6.48. The number of carbonyl (C=O) groups excluding carboxylic acids is 1. The van der Waals surface area contributed by atoms with Crippen molar-refractivity contribution in [3.05, 3.63) is 35.9 Å². The number of aliphatic hydroxyl groups excluding tert-OH is 1. The summed E-state index contributed by atoms with van der Waals surface area (Å²) in [6, 6.07) is 9.66. The van der Waals surface area contributed by atoms with Crippen LogP contribution >= 0.6 is 0 Å². The Balaban J connectivity index is 2.75. The highest BCUT2D eigenvalue weighted by molar-refractivity contribution is 5.67. The summed E-state index contributed by atoms with van der Waals surface area (Å²) in [5.74, 6) is 0. The molecule has 1 rings (SSSR count). The Morgan fingerprint density at radius 2 is 1.89 bits per heavy atom. The van der Waals surface area contributed by atoms with Crippen molar-refractivity contribution in [2.45, 2.75) is 39.9 Å². The Kier molecular flexibility index (Phi) is 5.36. The Morgan fingerprint density at radius 3 is 2.37 bits per heavy atom. The third kappa shape index (κ3) is 5.30. The second-order valence-electron chi connectivity index (χ2n) is 5.79. The van der Waals surface area contributed by atoms with Crippen LogP contribution in [-0.4, -0.2) is 23.8 Å². The molecule has 1 amide bonds. The minimum Gasteiger partial charge on any atom is -0.441 e. The largest absolute Gasteiger partial charge is 0.441 e. The Hall–Kier alpha value is -1.55. The second kappa shape index (κ2) is 6.57. The first kappa shape index (κ1) is 15.5. The summed E-state index contributed by atoms with van der Waals surface area (Å²) < 4.78 is 5.49. The molecule has 0 aromatic heterocycles. The van der Waals surface area contributed by atoms with E-state index in [9.17, 15) is 4.79 Å². The van der Waals surface area contributed by atoms with Crippen molar-refractivity contribution in [1.82, 2.24) is 5.32 Å². The molecule has 2 atom stereocenters. The Labute approximate surface area is 114 Å². The van der Waals surface area contributed by atoms with E-state index in [1.165, 1.54) is 0 Å². The lowest BCUT2D eigenvalue weighted by Crippen LogP contribution is -2.34. The highest BCUT2D eigenvalue weighted by atomic mass is 16.6. The van der Waals surface area contributed by atoms with Gasteiger partial charge in [-0.3, -0.25) is 0 Å². The van der Waals surface area contributed by atoms with Crippen molar-refractivity contribution in [1.29, 1.82) is 0 Å². The number of carbonyl (C=O) groups is 1. The molecule has 0 radical (unpaired) electrons. The molecule has 106 valence electrons. The monoisotopic (exact) mass is 265 g/mol. The van der Waals surface area contributed by atoms with E-state index in [0.717, 1.165) is 5.56 Å². The molecule has 0 spiro atoms. The van der Waals surface area contributed by atoms with Crippen molar-refractivity contribution < 1.29 is 14.6 Å². The van der Waals surface area contributed by atoms with Gasteiger partial charge in [0.15, 0.2) is 0 Å². The van der Waals surface area contributed by atoms with Gasteiger partial charge in [-0.2, -0.15) is 0 Å². The zero-order valence-corrected chi connectivity index (χ0v) is 12.0. The number of ether oxygens (including phenoxy) is 1. The molecule has 19 heavy (non-hydrogen) atoms. The lowest BCUT2D eigenvalue weighted by atomic mass is 9.84. The van der Waals surface area contributed by atoms with Crippen LogP contribution in [0.15, 0.2) is 30.3 Å². The third-order valence-electron chi connectivity index (χ3n) is 2.66. The molecule has 4 nitrogen and oxygen atoms in total. The zero-order chi connectivity index (χ0) is 14.5.